The molecule has 0 saturated heterocycles. The summed E-state index contributed by atoms with van der Waals surface area (Å²) in [5.74, 6) is 2.00. The van der Waals surface area contributed by atoms with Gasteiger partial charge in [0.15, 0.2) is 0 Å². The molecule has 2 aliphatic carbocycles. The molecule has 0 bridgehead atoms. The Bertz CT molecular complexity index is 299. The number of hydrogen-bond acceptors (Lipinski definition) is 2. The number of unbranched alkanes of at least 4 members (excludes halogenated alkanes) is 2. The number of rotatable bonds is 9. The lowest BCUT2D eigenvalue weighted by molar-refractivity contribution is -0.129. The van der Waals surface area contributed by atoms with Gasteiger partial charge in [0.25, 0.3) is 0 Å². The standard InChI is InChI=1S/C18H32O2/c1-3-4-5-10-18(15(2)19)11-8-17(9-12-18)14-20-13-16-6-7-16/h16-17H,3-14H2,1-2H3. The Balaban J connectivity index is 1.71. The van der Waals surface area contributed by atoms with Crippen LogP contribution in [-0.4, -0.2) is 19.0 Å². The van der Waals surface area contributed by atoms with Crippen LogP contribution in [0.4, 0.5) is 0 Å². The largest absolute Gasteiger partial charge is 0.381 e. The lowest BCUT2D eigenvalue weighted by Crippen LogP contribution is -2.35. The molecule has 0 radical (unpaired) electrons. The highest BCUT2D eigenvalue weighted by Gasteiger charge is 2.38. The van der Waals surface area contributed by atoms with E-state index in [9.17, 15) is 4.79 Å². The zero-order valence-electron chi connectivity index (χ0n) is 13.5. The first-order chi connectivity index (χ1) is 9.66. The molecule has 0 atom stereocenters. The SMILES string of the molecule is CCCCCC1(C(C)=O)CCC(COCC2CC2)CC1. The number of carbonyl (C=O) groups excluding carboxylic acids is 1. The van der Waals surface area contributed by atoms with E-state index in [-0.39, 0.29) is 5.41 Å². The molecule has 2 nitrogen and oxygen atoms in total. The van der Waals surface area contributed by atoms with Crippen molar-refractivity contribution in [2.24, 2.45) is 17.3 Å². The minimum atomic E-state index is 0.0160. The van der Waals surface area contributed by atoms with E-state index >= 15 is 0 Å². The number of ketones is 1. The monoisotopic (exact) mass is 280 g/mol. The van der Waals surface area contributed by atoms with E-state index in [0.29, 0.717) is 11.7 Å². The van der Waals surface area contributed by atoms with Gasteiger partial charge >= 0.3 is 0 Å². The molecule has 0 aliphatic heterocycles. The lowest BCUT2D eigenvalue weighted by Gasteiger charge is -2.38. The zero-order valence-corrected chi connectivity index (χ0v) is 13.5. The second-order valence-electron chi connectivity index (χ2n) is 7.22. The highest BCUT2D eigenvalue weighted by molar-refractivity contribution is 5.82. The molecule has 0 spiro atoms. The number of hydrogen-bond donors (Lipinski definition) is 0. The third kappa shape index (κ3) is 4.58. The van der Waals surface area contributed by atoms with Gasteiger partial charge in [-0.15, -0.1) is 0 Å². The highest BCUT2D eigenvalue weighted by Crippen LogP contribution is 2.43. The second kappa shape index (κ2) is 7.59. The van der Waals surface area contributed by atoms with Crippen molar-refractivity contribution >= 4 is 5.78 Å². The summed E-state index contributed by atoms with van der Waals surface area (Å²) in [5.41, 5.74) is 0.0160. The van der Waals surface area contributed by atoms with Crippen LogP contribution in [0.25, 0.3) is 0 Å². The van der Waals surface area contributed by atoms with Crippen LogP contribution in [0.15, 0.2) is 0 Å². The fraction of sp³-hybridized carbons (Fsp3) is 0.944. The summed E-state index contributed by atoms with van der Waals surface area (Å²) >= 11 is 0. The van der Waals surface area contributed by atoms with E-state index in [0.717, 1.165) is 38.4 Å². The maximum Gasteiger partial charge on any atom is 0.135 e. The van der Waals surface area contributed by atoms with Gasteiger partial charge in [0.05, 0.1) is 0 Å². The molecule has 0 unspecified atom stereocenters. The third-order valence-electron chi connectivity index (χ3n) is 5.47. The van der Waals surface area contributed by atoms with Crippen molar-refractivity contribution in [3.05, 3.63) is 0 Å². The smallest absolute Gasteiger partial charge is 0.135 e. The Morgan fingerprint density at radius 3 is 2.15 bits per heavy atom. The Hall–Kier alpha value is -0.370. The van der Waals surface area contributed by atoms with E-state index in [4.69, 9.17) is 4.74 Å². The molecule has 2 rings (SSSR count). The van der Waals surface area contributed by atoms with Crippen LogP contribution in [0, 0.1) is 17.3 Å². The predicted octanol–water partition coefficient (Wildman–Crippen LogP) is 4.76. The van der Waals surface area contributed by atoms with Crippen LogP contribution in [0.5, 0.6) is 0 Å². The van der Waals surface area contributed by atoms with Crippen molar-refractivity contribution in [1.82, 2.24) is 0 Å². The first-order valence-electron chi connectivity index (χ1n) is 8.75. The molecule has 0 heterocycles. The Kier molecular flexibility index (Phi) is 6.07. The summed E-state index contributed by atoms with van der Waals surface area (Å²) in [5, 5.41) is 0. The molecule has 2 heteroatoms. The van der Waals surface area contributed by atoms with Crippen molar-refractivity contribution in [3.63, 3.8) is 0 Å². The zero-order chi connectivity index (χ0) is 14.4. The van der Waals surface area contributed by atoms with Gasteiger partial charge in [-0.2, -0.15) is 0 Å². The van der Waals surface area contributed by atoms with Crippen LogP contribution >= 0.6 is 0 Å². The Morgan fingerprint density at radius 1 is 1.05 bits per heavy atom. The molecule has 2 aliphatic rings. The normalized spacial score (nSPS) is 30.4. The van der Waals surface area contributed by atoms with Crippen LogP contribution < -0.4 is 0 Å². The molecule has 0 aromatic carbocycles. The maximum atomic E-state index is 12.1. The molecule has 116 valence electrons. The van der Waals surface area contributed by atoms with Crippen molar-refractivity contribution in [2.45, 2.75) is 78.1 Å². The van der Waals surface area contributed by atoms with Crippen molar-refractivity contribution < 1.29 is 9.53 Å². The Labute approximate surface area is 124 Å². The number of ether oxygens (including phenoxy) is 1. The fourth-order valence-electron chi connectivity index (χ4n) is 3.57. The summed E-state index contributed by atoms with van der Waals surface area (Å²) in [7, 11) is 0. The summed E-state index contributed by atoms with van der Waals surface area (Å²) in [6.07, 6.45) is 12.2. The van der Waals surface area contributed by atoms with E-state index in [2.05, 4.69) is 6.92 Å². The number of carbonyl (C=O) groups is 1. The Morgan fingerprint density at radius 2 is 1.65 bits per heavy atom. The summed E-state index contributed by atoms with van der Waals surface area (Å²) in [4.78, 5) is 12.1. The summed E-state index contributed by atoms with van der Waals surface area (Å²) in [6.45, 7) is 5.95. The van der Waals surface area contributed by atoms with Gasteiger partial charge in [0.1, 0.15) is 5.78 Å². The fourth-order valence-corrected chi connectivity index (χ4v) is 3.57. The van der Waals surface area contributed by atoms with Gasteiger partial charge < -0.3 is 4.74 Å². The first kappa shape index (κ1) is 16.0. The molecule has 2 fully saturated rings. The first-order valence-corrected chi connectivity index (χ1v) is 8.75. The molecule has 0 amide bonds. The topological polar surface area (TPSA) is 26.3 Å². The van der Waals surface area contributed by atoms with Crippen molar-refractivity contribution in [1.29, 1.82) is 0 Å². The van der Waals surface area contributed by atoms with E-state index < -0.39 is 0 Å². The maximum absolute atomic E-state index is 12.1. The molecule has 20 heavy (non-hydrogen) atoms. The van der Waals surface area contributed by atoms with E-state index in [1.807, 2.05) is 6.92 Å². The van der Waals surface area contributed by atoms with E-state index in [1.165, 1.54) is 44.9 Å². The van der Waals surface area contributed by atoms with Crippen LogP contribution in [0.3, 0.4) is 0 Å². The second-order valence-corrected chi connectivity index (χ2v) is 7.22. The summed E-state index contributed by atoms with van der Waals surface area (Å²) in [6, 6.07) is 0. The van der Waals surface area contributed by atoms with Crippen molar-refractivity contribution in [2.75, 3.05) is 13.2 Å². The van der Waals surface area contributed by atoms with E-state index in [1.54, 1.807) is 0 Å². The quantitative estimate of drug-likeness (QED) is 0.569. The number of Topliss-reactive ketones (excluding diaryl/α,β-unsaturated/α-hetero) is 1. The molecular formula is C18H32O2. The van der Waals surface area contributed by atoms with Gasteiger partial charge in [-0.25, -0.2) is 0 Å². The lowest BCUT2D eigenvalue weighted by atomic mass is 9.66. The van der Waals surface area contributed by atoms with Crippen LogP contribution in [0.2, 0.25) is 0 Å². The molecule has 2 saturated carbocycles. The van der Waals surface area contributed by atoms with Crippen LogP contribution in [0.1, 0.15) is 78.1 Å². The third-order valence-corrected chi connectivity index (χ3v) is 5.47. The summed E-state index contributed by atoms with van der Waals surface area (Å²) < 4.78 is 5.84. The highest BCUT2D eigenvalue weighted by atomic mass is 16.5. The average molecular weight is 280 g/mol. The average Bonchev–Trinajstić information content (AvgIpc) is 3.25. The molecular weight excluding hydrogens is 248 g/mol. The van der Waals surface area contributed by atoms with Gasteiger partial charge in [-0.05, 0) is 63.7 Å². The minimum Gasteiger partial charge on any atom is -0.381 e. The molecule has 0 N–H and O–H groups in total. The van der Waals surface area contributed by atoms with Crippen molar-refractivity contribution in [3.8, 4) is 0 Å². The van der Waals surface area contributed by atoms with Gasteiger partial charge in [-0.1, -0.05) is 26.2 Å². The van der Waals surface area contributed by atoms with Gasteiger partial charge in [0, 0.05) is 18.6 Å². The predicted molar refractivity (Wildman–Crippen MR) is 82.8 cm³/mol. The molecule has 0 aromatic heterocycles. The minimum absolute atomic E-state index is 0.0160. The molecule has 0 aromatic rings. The van der Waals surface area contributed by atoms with Crippen LogP contribution in [-0.2, 0) is 9.53 Å². The van der Waals surface area contributed by atoms with Gasteiger partial charge in [-0.3, -0.25) is 4.79 Å². The van der Waals surface area contributed by atoms with Gasteiger partial charge in [0.2, 0.25) is 0 Å².